The Hall–Kier alpha value is -1.73. The summed E-state index contributed by atoms with van der Waals surface area (Å²) < 4.78 is 12.9. The van der Waals surface area contributed by atoms with Gasteiger partial charge in [-0.1, -0.05) is 27.7 Å². The first-order valence-corrected chi connectivity index (χ1v) is 8.50. The summed E-state index contributed by atoms with van der Waals surface area (Å²) in [6.45, 7) is 9.01. The summed E-state index contributed by atoms with van der Waals surface area (Å²) in [7, 11) is 0. The fourth-order valence-corrected chi connectivity index (χ4v) is 2.42. The van der Waals surface area contributed by atoms with E-state index in [0.717, 1.165) is 12.8 Å². The summed E-state index contributed by atoms with van der Waals surface area (Å²) >= 11 is 0. The Kier molecular flexibility index (Phi) is 6.51. The number of hydrogen-bond acceptors (Lipinski definition) is 5. The number of rotatable bonds is 7. The molecule has 0 bridgehead atoms. The molecule has 1 aromatic rings. The Bertz CT molecular complexity index is 612. The van der Waals surface area contributed by atoms with Gasteiger partial charge >= 0.3 is 5.69 Å². The van der Waals surface area contributed by atoms with E-state index in [9.17, 15) is 9.59 Å². The lowest BCUT2D eigenvalue weighted by atomic mass is 10.2. The molecule has 0 saturated carbocycles. The van der Waals surface area contributed by atoms with Crippen molar-refractivity contribution in [1.82, 2.24) is 9.55 Å². The molecule has 2 rings (SSSR count). The van der Waals surface area contributed by atoms with Crippen molar-refractivity contribution in [3.8, 4) is 0 Å². The first-order valence-electron chi connectivity index (χ1n) is 8.50. The number of nitrogens with zero attached hydrogens (tertiary/aromatic N) is 2. The van der Waals surface area contributed by atoms with Gasteiger partial charge in [0.15, 0.2) is 0 Å². The van der Waals surface area contributed by atoms with Crippen LogP contribution in [0.2, 0.25) is 0 Å². The molecule has 0 aromatic carbocycles. The Balaban J connectivity index is 1.93. The molecule has 1 aliphatic heterocycles. The van der Waals surface area contributed by atoms with Gasteiger partial charge in [-0.25, -0.2) is 4.79 Å². The van der Waals surface area contributed by atoms with Crippen molar-refractivity contribution in [3.05, 3.63) is 22.7 Å². The number of ether oxygens (including phenoxy) is 2. The molecule has 0 spiro atoms. The van der Waals surface area contributed by atoms with Gasteiger partial charge in [-0.2, -0.15) is 4.98 Å². The molecule has 1 aliphatic rings. The summed E-state index contributed by atoms with van der Waals surface area (Å²) in [6, 6.07) is 1.62. The summed E-state index contributed by atoms with van der Waals surface area (Å²) in [5, 5.41) is 2.62. The number of carbonyl (C=O) groups excluding carboxylic acids is 1. The number of nitrogens with one attached hydrogen (secondary N) is 1. The zero-order valence-electron chi connectivity index (χ0n) is 14.8. The van der Waals surface area contributed by atoms with Crippen LogP contribution in [0.4, 0.5) is 5.82 Å². The van der Waals surface area contributed by atoms with Crippen LogP contribution in [0.5, 0.6) is 0 Å². The minimum Gasteiger partial charge on any atom is -0.378 e. The smallest absolute Gasteiger partial charge is 0.351 e. The molecule has 134 valence electrons. The molecule has 7 nitrogen and oxygen atoms in total. The first-order chi connectivity index (χ1) is 11.4. The van der Waals surface area contributed by atoms with Gasteiger partial charge in [-0.05, 0) is 24.8 Å². The molecule has 0 radical (unpaired) electrons. The van der Waals surface area contributed by atoms with Crippen LogP contribution in [-0.2, 0) is 14.3 Å². The van der Waals surface area contributed by atoms with Crippen molar-refractivity contribution in [2.24, 2.45) is 11.8 Å². The van der Waals surface area contributed by atoms with E-state index in [1.807, 2.05) is 0 Å². The van der Waals surface area contributed by atoms with Crippen molar-refractivity contribution in [1.29, 1.82) is 0 Å². The van der Waals surface area contributed by atoms with Crippen molar-refractivity contribution < 1.29 is 14.3 Å². The van der Waals surface area contributed by atoms with Crippen molar-refractivity contribution in [3.63, 3.8) is 0 Å². The standard InChI is InChI=1S/C17H27N3O4/c1-11(2)9-23-10-13-5-6-15(24-13)20-8-7-14(19-17(20)22)18-16(21)12(3)4/h7-8,11-13,15H,5-6,9-10H2,1-4H3,(H,18,19,21,22)/t13-,15+/m0/s1. The first kappa shape index (κ1) is 18.6. The zero-order valence-corrected chi connectivity index (χ0v) is 14.8. The molecule has 1 N–H and O–H groups in total. The lowest BCUT2D eigenvalue weighted by Gasteiger charge is -2.16. The molecule has 0 aliphatic carbocycles. The third-order valence-corrected chi connectivity index (χ3v) is 3.76. The molecule has 1 fully saturated rings. The number of anilines is 1. The van der Waals surface area contributed by atoms with Gasteiger partial charge in [-0.15, -0.1) is 0 Å². The topological polar surface area (TPSA) is 82.5 Å². The highest BCUT2D eigenvalue weighted by atomic mass is 16.6. The SMILES string of the molecule is CC(C)COC[C@@H]1CC[C@H](n2ccc(NC(=O)C(C)C)nc2=O)O1. The number of amides is 1. The van der Waals surface area contributed by atoms with Gasteiger partial charge in [-0.3, -0.25) is 9.36 Å². The van der Waals surface area contributed by atoms with E-state index in [2.05, 4.69) is 24.1 Å². The third-order valence-electron chi connectivity index (χ3n) is 3.76. The van der Waals surface area contributed by atoms with Crippen molar-refractivity contribution >= 4 is 11.7 Å². The summed E-state index contributed by atoms with van der Waals surface area (Å²) in [5.41, 5.74) is -0.426. The highest BCUT2D eigenvalue weighted by Gasteiger charge is 2.27. The van der Waals surface area contributed by atoms with Gasteiger partial charge in [0.1, 0.15) is 12.0 Å². The fraction of sp³-hybridized carbons (Fsp3) is 0.706. The molecule has 2 heterocycles. The normalized spacial score (nSPS) is 20.8. The summed E-state index contributed by atoms with van der Waals surface area (Å²) in [4.78, 5) is 27.7. The molecule has 1 amide bonds. The van der Waals surface area contributed by atoms with Crippen LogP contribution < -0.4 is 11.0 Å². The maximum atomic E-state index is 12.2. The molecule has 24 heavy (non-hydrogen) atoms. The number of aromatic nitrogens is 2. The molecule has 7 heteroatoms. The van der Waals surface area contributed by atoms with Crippen LogP contribution in [0.25, 0.3) is 0 Å². The highest BCUT2D eigenvalue weighted by Crippen LogP contribution is 2.27. The Morgan fingerprint density at radius 1 is 1.42 bits per heavy atom. The molecular formula is C17H27N3O4. The van der Waals surface area contributed by atoms with Gasteiger partial charge in [0.2, 0.25) is 5.91 Å². The predicted molar refractivity (Wildman–Crippen MR) is 90.8 cm³/mol. The summed E-state index contributed by atoms with van der Waals surface area (Å²) in [5.74, 6) is 0.422. The third kappa shape index (κ3) is 5.14. The Morgan fingerprint density at radius 3 is 2.79 bits per heavy atom. The Labute approximate surface area is 142 Å². The molecule has 1 aromatic heterocycles. The maximum absolute atomic E-state index is 12.2. The van der Waals surface area contributed by atoms with E-state index >= 15 is 0 Å². The number of hydrogen-bond donors (Lipinski definition) is 1. The van der Waals surface area contributed by atoms with Crippen LogP contribution in [0.3, 0.4) is 0 Å². The molecule has 0 unspecified atom stereocenters. The van der Waals surface area contributed by atoms with Crippen molar-refractivity contribution in [2.75, 3.05) is 18.5 Å². The largest absolute Gasteiger partial charge is 0.378 e. The summed E-state index contributed by atoms with van der Waals surface area (Å²) in [6.07, 6.45) is 2.89. The second-order valence-corrected chi connectivity index (χ2v) is 6.87. The second kappa shape index (κ2) is 8.39. The van der Waals surface area contributed by atoms with Gasteiger partial charge in [0, 0.05) is 18.7 Å². The quantitative estimate of drug-likeness (QED) is 0.825. The van der Waals surface area contributed by atoms with Gasteiger partial charge < -0.3 is 14.8 Å². The second-order valence-electron chi connectivity index (χ2n) is 6.87. The van der Waals surface area contributed by atoms with Gasteiger partial charge in [0.25, 0.3) is 0 Å². The van der Waals surface area contributed by atoms with Crippen LogP contribution >= 0.6 is 0 Å². The van der Waals surface area contributed by atoms with E-state index in [0.29, 0.717) is 19.1 Å². The van der Waals surface area contributed by atoms with Crippen LogP contribution in [0.1, 0.15) is 46.8 Å². The van der Waals surface area contributed by atoms with Crippen LogP contribution in [0, 0.1) is 11.8 Å². The van der Waals surface area contributed by atoms with Crippen molar-refractivity contribution in [2.45, 2.75) is 52.9 Å². The van der Waals surface area contributed by atoms with Crippen LogP contribution in [-0.4, -0.2) is 34.8 Å². The molecule has 2 atom stereocenters. The Morgan fingerprint density at radius 2 is 2.17 bits per heavy atom. The van der Waals surface area contributed by atoms with Crippen LogP contribution in [0.15, 0.2) is 17.1 Å². The van der Waals surface area contributed by atoms with E-state index < -0.39 is 5.69 Å². The average molecular weight is 337 g/mol. The van der Waals surface area contributed by atoms with E-state index in [-0.39, 0.29) is 30.0 Å². The molecule has 1 saturated heterocycles. The van der Waals surface area contributed by atoms with Gasteiger partial charge in [0.05, 0.1) is 12.7 Å². The van der Waals surface area contributed by atoms with E-state index in [1.165, 1.54) is 4.57 Å². The fourth-order valence-electron chi connectivity index (χ4n) is 2.42. The predicted octanol–water partition coefficient (Wildman–Crippen LogP) is 2.19. The highest BCUT2D eigenvalue weighted by molar-refractivity contribution is 5.90. The van der Waals surface area contributed by atoms with E-state index in [1.54, 1.807) is 26.1 Å². The lowest BCUT2D eigenvalue weighted by Crippen LogP contribution is -2.29. The average Bonchev–Trinajstić information content (AvgIpc) is 2.95. The lowest BCUT2D eigenvalue weighted by molar-refractivity contribution is -0.118. The monoisotopic (exact) mass is 337 g/mol. The zero-order chi connectivity index (χ0) is 17.7. The van der Waals surface area contributed by atoms with E-state index in [4.69, 9.17) is 9.47 Å². The molecular weight excluding hydrogens is 310 g/mol. The minimum absolute atomic E-state index is 0.000898. The minimum atomic E-state index is -0.426. The maximum Gasteiger partial charge on any atom is 0.351 e. The number of carbonyl (C=O) groups is 1.